The molecule has 4 nitrogen and oxygen atoms in total. The third-order valence-electron chi connectivity index (χ3n) is 5.53. The molecule has 0 spiro atoms. The molecule has 0 radical (unpaired) electrons. The second kappa shape index (κ2) is 6.17. The topological polar surface area (TPSA) is 45.2 Å². The Morgan fingerprint density at radius 3 is 2.60 bits per heavy atom. The van der Waals surface area contributed by atoms with Crippen LogP contribution < -0.4 is 10.2 Å². The van der Waals surface area contributed by atoms with Crippen molar-refractivity contribution >= 4 is 17.4 Å². The predicted molar refractivity (Wildman–Crippen MR) is 101 cm³/mol. The number of anilines is 2. The molecule has 130 valence electrons. The normalized spacial score (nSPS) is 25.4. The third kappa shape index (κ3) is 2.90. The summed E-state index contributed by atoms with van der Waals surface area (Å²) in [5.74, 6) is 1.98. The van der Waals surface area contributed by atoms with E-state index in [0.29, 0.717) is 11.8 Å². The highest BCUT2D eigenvalue weighted by Crippen LogP contribution is 2.49. The number of para-hydroxylation sites is 1. The zero-order chi connectivity index (χ0) is 17.6. The molecule has 1 fully saturated rings. The number of nitrogens with one attached hydrogen (secondary N) is 1. The zero-order valence-electron chi connectivity index (χ0n) is 15.1. The van der Waals surface area contributed by atoms with E-state index in [-0.39, 0.29) is 18.0 Å². The Labute approximate surface area is 149 Å². The first kappa shape index (κ1) is 16.1. The standard InChI is InChI=1S/C21H25N3O/c1-13-7-6-10-19(22-13)23-20-14(2)21(16-11-12-16)24(15(3)25)18-9-5-4-8-17(18)20/h4-10,14,16,20-21H,11-12H2,1-3H3,(H,22,23)/t14-,20-,21-/m1/s1. The Morgan fingerprint density at radius 1 is 1.16 bits per heavy atom. The van der Waals surface area contributed by atoms with Crippen LogP contribution in [0.4, 0.5) is 11.5 Å². The van der Waals surface area contributed by atoms with E-state index in [0.717, 1.165) is 17.2 Å². The molecule has 1 aliphatic heterocycles. The van der Waals surface area contributed by atoms with Crippen molar-refractivity contribution in [1.82, 2.24) is 4.98 Å². The molecule has 2 heterocycles. The SMILES string of the molecule is CC(=O)N1c2ccccc2[C@H](Nc2cccc(C)n2)[C@@H](C)[C@@H]1C1CC1. The summed E-state index contributed by atoms with van der Waals surface area (Å²) in [6, 6.07) is 14.8. The summed E-state index contributed by atoms with van der Waals surface area (Å²) >= 11 is 0. The van der Waals surface area contributed by atoms with Crippen LogP contribution in [0.15, 0.2) is 42.5 Å². The Balaban J connectivity index is 1.77. The maximum atomic E-state index is 12.5. The molecule has 0 saturated heterocycles. The highest BCUT2D eigenvalue weighted by atomic mass is 16.2. The quantitative estimate of drug-likeness (QED) is 0.908. The second-order valence-electron chi connectivity index (χ2n) is 7.42. The maximum absolute atomic E-state index is 12.5. The van der Waals surface area contributed by atoms with Gasteiger partial charge in [-0.3, -0.25) is 4.79 Å². The van der Waals surface area contributed by atoms with Gasteiger partial charge in [-0.25, -0.2) is 4.98 Å². The molecule has 4 rings (SSSR count). The maximum Gasteiger partial charge on any atom is 0.224 e. The minimum atomic E-state index is 0.142. The second-order valence-corrected chi connectivity index (χ2v) is 7.42. The van der Waals surface area contributed by atoms with Crippen molar-refractivity contribution in [2.24, 2.45) is 11.8 Å². The molecule has 0 bridgehead atoms. The molecule has 3 atom stereocenters. The molecule has 1 N–H and O–H groups in total. The van der Waals surface area contributed by atoms with Gasteiger partial charge in [-0.2, -0.15) is 0 Å². The smallest absolute Gasteiger partial charge is 0.224 e. The van der Waals surface area contributed by atoms with Gasteiger partial charge < -0.3 is 10.2 Å². The summed E-state index contributed by atoms with van der Waals surface area (Å²) in [5.41, 5.74) is 3.24. The van der Waals surface area contributed by atoms with Gasteiger partial charge in [0.1, 0.15) is 5.82 Å². The van der Waals surface area contributed by atoms with Gasteiger partial charge in [0.25, 0.3) is 0 Å². The van der Waals surface area contributed by atoms with E-state index in [4.69, 9.17) is 0 Å². The summed E-state index contributed by atoms with van der Waals surface area (Å²) in [7, 11) is 0. The van der Waals surface area contributed by atoms with E-state index in [9.17, 15) is 4.79 Å². The summed E-state index contributed by atoms with van der Waals surface area (Å²) in [6.45, 7) is 5.96. The van der Waals surface area contributed by atoms with Gasteiger partial charge in [-0.05, 0) is 49.4 Å². The van der Waals surface area contributed by atoms with Crippen LogP contribution in [-0.2, 0) is 4.79 Å². The van der Waals surface area contributed by atoms with Crippen LogP contribution in [0.2, 0.25) is 0 Å². The van der Waals surface area contributed by atoms with Crippen LogP contribution in [0.1, 0.15) is 44.0 Å². The molecule has 1 aromatic heterocycles. The number of hydrogen-bond donors (Lipinski definition) is 1. The molecule has 2 aromatic rings. The average molecular weight is 335 g/mol. The van der Waals surface area contributed by atoms with Crippen LogP contribution >= 0.6 is 0 Å². The lowest BCUT2D eigenvalue weighted by atomic mass is 9.80. The minimum absolute atomic E-state index is 0.142. The first-order valence-electron chi connectivity index (χ1n) is 9.15. The van der Waals surface area contributed by atoms with E-state index < -0.39 is 0 Å². The number of pyridine rings is 1. The largest absolute Gasteiger partial charge is 0.363 e. The fraction of sp³-hybridized carbons (Fsp3) is 0.429. The lowest BCUT2D eigenvalue weighted by Gasteiger charge is -2.45. The highest BCUT2D eigenvalue weighted by molar-refractivity contribution is 5.94. The molecular formula is C21H25N3O. The minimum Gasteiger partial charge on any atom is -0.363 e. The van der Waals surface area contributed by atoms with E-state index in [1.54, 1.807) is 6.92 Å². The number of aromatic nitrogens is 1. The molecule has 2 aliphatic rings. The predicted octanol–water partition coefficient (Wildman–Crippen LogP) is 4.32. The number of hydrogen-bond acceptors (Lipinski definition) is 3. The Bertz CT molecular complexity index is 799. The van der Waals surface area contributed by atoms with Gasteiger partial charge in [0, 0.05) is 30.3 Å². The van der Waals surface area contributed by atoms with Gasteiger partial charge >= 0.3 is 0 Å². The summed E-state index contributed by atoms with van der Waals surface area (Å²) in [5, 5.41) is 3.65. The fourth-order valence-electron chi connectivity index (χ4n) is 4.30. The number of carbonyl (C=O) groups is 1. The van der Waals surface area contributed by atoms with E-state index in [1.165, 1.54) is 18.4 Å². The molecule has 1 aromatic carbocycles. The molecule has 25 heavy (non-hydrogen) atoms. The highest BCUT2D eigenvalue weighted by Gasteiger charge is 2.47. The van der Waals surface area contributed by atoms with Crippen molar-refractivity contribution in [3.8, 4) is 0 Å². The lowest BCUT2D eigenvalue weighted by Crippen LogP contribution is -2.51. The van der Waals surface area contributed by atoms with Crippen LogP contribution in [0, 0.1) is 18.8 Å². The Morgan fingerprint density at radius 2 is 1.92 bits per heavy atom. The van der Waals surface area contributed by atoms with Crippen molar-refractivity contribution in [2.45, 2.75) is 45.7 Å². The van der Waals surface area contributed by atoms with Crippen LogP contribution in [0.25, 0.3) is 0 Å². The lowest BCUT2D eigenvalue weighted by molar-refractivity contribution is -0.117. The van der Waals surface area contributed by atoms with E-state index in [2.05, 4.69) is 35.4 Å². The molecule has 4 heteroatoms. The van der Waals surface area contributed by atoms with Crippen molar-refractivity contribution in [2.75, 3.05) is 10.2 Å². The van der Waals surface area contributed by atoms with E-state index in [1.807, 2.05) is 36.1 Å². The first-order chi connectivity index (χ1) is 12.1. The van der Waals surface area contributed by atoms with Gasteiger partial charge in [-0.1, -0.05) is 31.2 Å². The number of amides is 1. The van der Waals surface area contributed by atoms with Crippen molar-refractivity contribution in [1.29, 1.82) is 0 Å². The molecule has 1 amide bonds. The summed E-state index contributed by atoms with van der Waals surface area (Å²) < 4.78 is 0. The average Bonchev–Trinajstić information content (AvgIpc) is 3.41. The number of carbonyl (C=O) groups excluding carboxylic acids is 1. The van der Waals surface area contributed by atoms with Crippen molar-refractivity contribution in [3.63, 3.8) is 0 Å². The first-order valence-corrected chi connectivity index (χ1v) is 9.15. The molecular weight excluding hydrogens is 310 g/mol. The summed E-state index contributed by atoms with van der Waals surface area (Å²) in [6.07, 6.45) is 2.44. The molecule has 0 unspecified atom stereocenters. The third-order valence-corrected chi connectivity index (χ3v) is 5.53. The monoisotopic (exact) mass is 335 g/mol. The van der Waals surface area contributed by atoms with Gasteiger partial charge in [0.2, 0.25) is 5.91 Å². The van der Waals surface area contributed by atoms with Crippen molar-refractivity contribution < 1.29 is 4.79 Å². The number of rotatable bonds is 3. The van der Waals surface area contributed by atoms with E-state index >= 15 is 0 Å². The molecule has 1 saturated carbocycles. The number of fused-ring (bicyclic) bond motifs is 1. The van der Waals surface area contributed by atoms with Gasteiger partial charge in [0.15, 0.2) is 0 Å². The Hall–Kier alpha value is -2.36. The van der Waals surface area contributed by atoms with Crippen LogP contribution in [0.3, 0.4) is 0 Å². The Kier molecular flexibility index (Phi) is 3.98. The van der Waals surface area contributed by atoms with Gasteiger partial charge in [-0.15, -0.1) is 0 Å². The molecule has 1 aliphatic carbocycles. The van der Waals surface area contributed by atoms with Crippen LogP contribution in [0.5, 0.6) is 0 Å². The van der Waals surface area contributed by atoms with Crippen molar-refractivity contribution in [3.05, 3.63) is 53.7 Å². The number of nitrogens with zero attached hydrogens (tertiary/aromatic N) is 2. The number of benzene rings is 1. The van der Waals surface area contributed by atoms with Gasteiger partial charge in [0.05, 0.1) is 6.04 Å². The van der Waals surface area contributed by atoms with Crippen LogP contribution in [-0.4, -0.2) is 16.9 Å². The number of aryl methyl sites for hydroxylation is 1. The summed E-state index contributed by atoms with van der Waals surface area (Å²) in [4.78, 5) is 19.1. The zero-order valence-corrected chi connectivity index (χ0v) is 15.1. The fourth-order valence-corrected chi connectivity index (χ4v) is 4.30.